The van der Waals surface area contributed by atoms with E-state index in [1.807, 2.05) is 30.3 Å². The summed E-state index contributed by atoms with van der Waals surface area (Å²) in [7, 11) is -1.48. The van der Waals surface area contributed by atoms with Crippen LogP contribution in [0.5, 0.6) is 0 Å². The molecule has 0 aliphatic heterocycles. The number of rotatable bonds is 5. The quantitative estimate of drug-likeness (QED) is 0.504. The lowest BCUT2D eigenvalue weighted by atomic mass is 9.68. The van der Waals surface area contributed by atoms with Gasteiger partial charge in [0.1, 0.15) is 0 Å². The lowest BCUT2D eigenvalue weighted by Gasteiger charge is -2.33. The molecule has 2 nitrogen and oxygen atoms in total. The van der Waals surface area contributed by atoms with Crippen molar-refractivity contribution in [3.63, 3.8) is 0 Å². The average molecular weight is 390 g/mol. The summed E-state index contributed by atoms with van der Waals surface area (Å²) in [5.41, 5.74) is 7.68. The number of hydrogen-bond acceptors (Lipinski definition) is 2. The van der Waals surface area contributed by atoms with Crippen LogP contribution in [0, 0.1) is 0 Å². The SMILES string of the molecule is OB(O)c1ccc2c(c1)C(Cc1ccccc1)(Cc1ccccc1)c1ccccc1-2. The van der Waals surface area contributed by atoms with E-state index in [4.69, 9.17) is 0 Å². The third kappa shape index (κ3) is 3.17. The molecule has 0 atom stereocenters. The van der Waals surface area contributed by atoms with Crippen molar-refractivity contribution in [3.8, 4) is 11.1 Å². The van der Waals surface area contributed by atoms with Crippen LogP contribution < -0.4 is 5.46 Å². The van der Waals surface area contributed by atoms with E-state index in [0.717, 1.165) is 12.8 Å². The van der Waals surface area contributed by atoms with E-state index in [0.29, 0.717) is 5.46 Å². The smallest absolute Gasteiger partial charge is 0.423 e. The summed E-state index contributed by atoms with van der Waals surface area (Å²) in [6, 6.07) is 35.6. The summed E-state index contributed by atoms with van der Waals surface area (Å²) in [5.74, 6) is 0. The van der Waals surface area contributed by atoms with Crippen LogP contribution in [0.1, 0.15) is 22.3 Å². The van der Waals surface area contributed by atoms with Crippen molar-refractivity contribution < 1.29 is 10.0 Å². The van der Waals surface area contributed by atoms with Gasteiger partial charge in [-0.2, -0.15) is 0 Å². The molecule has 0 saturated carbocycles. The van der Waals surface area contributed by atoms with Crippen molar-refractivity contribution in [2.24, 2.45) is 0 Å². The molecule has 3 heteroatoms. The topological polar surface area (TPSA) is 40.5 Å². The van der Waals surface area contributed by atoms with E-state index < -0.39 is 7.12 Å². The Kier molecular flexibility index (Phi) is 4.78. The molecule has 1 aliphatic carbocycles. The minimum atomic E-state index is -1.48. The molecule has 0 unspecified atom stereocenters. The van der Waals surface area contributed by atoms with Gasteiger partial charge in [-0.25, -0.2) is 0 Å². The van der Waals surface area contributed by atoms with Gasteiger partial charge in [-0.15, -0.1) is 0 Å². The van der Waals surface area contributed by atoms with Crippen LogP contribution >= 0.6 is 0 Å². The monoisotopic (exact) mass is 390 g/mol. The van der Waals surface area contributed by atoms with Crippen molar-refractivity contribution in [1.82, 2.24) is 0 Å². The van der Waals surface area contributed by atoms with Crippen LogP contribution in [0.4, 0.5) is 0 Å². The largest absolute Gasteiger partial charge is 0.488 e. The fourth-order valence-electron chi connectivity index (χ4n) is 4.97. The van der Waals surface area contributed by atoms with Gasteiger partial charge in [-0.1, -0.05) is 103 Å². The van der Waals surface area contributed by atoms with E-state index in [1.54, 1.807) is 0 Å². The van der Waals surface area contributed by atoms with Crippen LogP contribution in [0.3, 0.4) is 0 Å². The zero-order valence-electron chi connectivity index (χ0n) is 16.7. The highest BCUT2D eigenvalue weighted by atomic mass is 16.4. The summed E-state index contributed by atoms with van der Waals surface area (Å²) in [6.07, 6.45) is 1.69. The zero-order chi connectivity index (χ0) is 20.6. The molecule has 0 aromatic heterocycles. The Morgan fingerprint density at radius 3 is 1.70 bits per heavy atom. The van der Waals surface area contributed by atoms with Gasteiger partial charge in [0, 0.05) is 5.41 Å². The first-order valence-corrected chi connectivity index (χ1v) is 10.4. The molecule has 0 heterocycles. The molecule has 5 rings (SSSR count). The number of benzene rings is 4. The maximum atomic E-state index is 9.88. The Morgan fingerprint density at radius 1 is 0.567 bits per heavy atom. The summed E-state index contributed by atoms with van der Waals surface area (Å²) < 4.78 is 0. The lowest BCUT2D eigenvalue weighted by Crippen LogP contribution is -2.35. The Hall–Kier alpha value is -3.14. The molecular formula is C27H23BO2. The molecule has 0 fully saturated rings. The Labute approximate surface area is 177 Å². The second-order valence-corrected chi connectivity index (χ2v) is 8.13. The predicted molar refractivity (Wildman–Crippen MR) is 123 cm³/mol. The van der Waals surface area contributed by atoms with Crippen LogP contribution in [-0.4, -0.2) is 17.2 Å². The second-order valence-electron chi connectivity index (χ2n) is 8.13. The van der Waals surface area contributed by atoms with E-state index >= 15 is 0 Å². The van der Waals surface area contributed by atoms with Crippen LogP contribution in [0.25, 0.3) is 11.1 Å². The summed E-state index contributed by atoms with van der Waals surface area (Å²) >= 11 is 0. The molecule has 1 aliphatic rings. The molecule has 0 amide bonds. The normalized spacial score (nSPS) is 13.5. The number of fused-ring (bicyclic) bond motifs is 3. The van der Waals surface area contributed by atoms with Crippen molar-refractivity contribution in [2.75, 3.05) is 0 Å². The van der Waals surface area contributed by atoms with Gasteiger partial charge in [0.2, 0.25) is 0 Å². The molecule has 2 N–H and O–H groups in total. The van der Waals surface area contributed by atoms with Crippen LogP contribution in [0.15, 0.2) is 103 Å². The highest BCUT2D eigenvalue weighted by molar-refractivity contribution is 6.58. The summed E-state index contributed by atoms with van der Waals surface area (Å²) in [5, 5.41) is 19.8. The molecule has 4 aromatic rings. The maximum absolute atomic E-state index is 9.88. The molecule has 4 aromatic carbocycles. The third-order valence-electron chi connectivity index (χ3n) is 6.29. The molecule has 0 saturated heterocycles. The predicted octanol–water partition coefficient (Wildman–Crippen LogP) is 4.12. The van der Waals surface area contributed by atoms with Gasteiger partial charge in [-0.05, 0) is 51.7 Å². The molecular weight excluding hydrogens is 367 g/mol. The van der Waals surface area contributed by atoms with E-state index in [9.17, 15) is 10.0 Å². The standard InChI is InChI=1S/C27H23BO2/c29-28(30)22-15-16-24-23-13-7-8-14-25(23)27(26(24)17-22,18-20-9-3-1-4-10-20)19-21-11-5-2-6-12-21/h1-17,29-30H,18-19H2. The minimum Gasteiger partial charge on any atom is -0.423 e. The molecule has 146 valence electrons. The van der Waals surface area contributed by atoms with Gasteiger partial charge in [0.15, 0.2) is 0 Å². The fraction of sp³-hybridized carbons (Fsp3) is 0.111. The fourth-order valence-corrected chi connectivity index (χ4v) is 4.97. The molecule has 30 heavy (non-hydrogen) atoms. The highest BCUT2D eigenvalue weighted by Crippen LogP contribution is 2.51. The van der Waals surface area contributed by atoms with Gasteiger partial charge in [0.25, 0.3) is 0 Å². The van der Waals surface area contributed by atoms with E-state index in [2.05, 4.69) is 72.8 Å². The lowest BCUT2D eigenvalue weighted by molar-refractivity contribution is 0.425. The first kappa shape index (κ1) is 18.9. The highest BCUT2D eigenvalue weighted by Gasteiger charge is 2.43. The average Bonchev–Trinajstić information content (AvgIpc) is 3.04. The van der Waals surface area contributed by atoms with Crippen LogP contribution in [-0.2, 0) is 18.3 Å². The molecule has 0 spiro atoms. The van der Waals surface area contributed by atoms with Crippen molar-refractivity contribution >= 4 is 12.6 Å². The van der Waals surface area contributed by atoms with Gasteiger partial charge in [0.05, 0.1) is 0 Å². The maximum Gasteiger partial charge on any atom is 0.488 e. The van der Waals surface area contributed by atoms with E-state index in [-0.39, 0.29) is 5.41 Å². The molecule has 0 bridgehead atoms. The first-order chi connectivity index (χ1) is 14.7. The van der Waals surface area contributed by atoms with Gasteiger partial charge in [-0.3, -0.25) is 0 Å². The summed E-state index contributed by atoms with van der Waals surface area (Å²) in [4.78, 5) is 0. The van der Waals surface area contributed by atoms with Gasteiger partial charge >= 0.3 is 7.12 Å². The Morgan fingerprint density at radius 2 is 1.10 bits per heavy atom. The van der Waals surface area contributed by atoms with Crippen LogP contribution in [0.2, 0.25) is 0 Å². The third-order valence-corrected chi connectivity index (χ3v) is 6.29. The van der Waals surface area contributed by atoms with Crippen molar-refractivity contribution in [1.29, 1.82) is 0 Å². The van der Waals surface area contributed by atoms with Gasteiger partial charge < -0.3 is 10.0 Å². The first-order valence-electron chi connectivity index (χ1n) is 10.4. The summed E-state index contributed by atoms with van der Waals surface area (Å²) in [6.45, 7) is 0. The number of hydrogen-bond donors (Lipinski definition) is 2. The zero-order valence-corrected chi connectivity index (χ0v) is 16.7. The van der Waals surface area contributed by atoms with Crippen molar-refractivity contribution in [3.05, 3.63) is 125 Å². The second kappa shape index (κ2) is 7.60. The van der Waals surface area contributed by atoms with E-state index in [1.165, 1.54) is 33.4 Å². The Balaban J connectivity index is 1.77. The van der Waals surface area contributed by atoms with Crippen molar-refractivity contribution in [2.45, 2.75) is 18.3 Å². The minimum absolute atomic E-state index is 0.278. The molecule has 0 radical (unpaired) electrons. The Bertz CT molecular complexity index is 1130.